The lowest BCUT2D eigenvalue weighted by atomic mass is 10.1. The van der Waals surface area contributed by atoms with Crippen molar-refractivity contribution in [2.75, 3.05) is 18.4 Å². The summed E-state index contributed by atoms with van der Waals surface area (Å²) in [5.74, 6) is -4.59. The summed E-state index contributed by atoms with van der Waals surface area (Å²) in [6, 6.07) is 0.994. The highest BCUT2D eigenvalue weighted by Crippen LogP contribution is 2.19. The van der Waals surface area contributed by atoms with E-state index in [2.05, 4.69) is 0 Å². The molecule has 0 saturated heterocycles. The van der Waals surface area contributed by atoms with Crippen LogP contribution in [0.5, 0.6) is 0 Å². The number of primary amides is 1. The first-order chi connectivity index (χ1) is 9.60. The molecule has 1 aromatic carbocycles. The lowest BCUT2D eigenvalue weighted by molar-refractivity contribution is -0.127. The maximum atomic E-state index is 13.4. The molecule has 4 N–H and O–H groups in total. The fourth-order valence-corrected chi connectivity index (χ4v) is 1.35. The number of alkyl halides is 3. The summed E-state index contributed by atoms with van der Waals surface area (Å²) in [6.07, 6.45) is -4.50. The van der Waals surface area contributed by atoms with E-state index in [1.54, 1.807) is 5.32 Å². The SMILES string of the molecule is NC(=O)c1cc(NC(=O)CNCC(F)(F)F)c(F)cc1F. The van der Waals surface area contributed by atoms with Gasteiger partial charge >= 0.3 is 6.18 Å². The van der Waals surface area contributed by atoms with Gasteiger partial charge in [-0.2, -0.15) is 13.2 Å². The fourth-order valence-electron chi connectivity index (χ4n) is 1.35. The number of nitrogens with two attached hydrogens (primary N) is 1. The molecular formula is C11H10F5N3O2. The monoisotopic (exact) mass is 311 g/mol. The Bertz CT molecular complexity index is 560. The highest BCUT2D eigenvalue weighted by atomic mass is 19.4. The van der Waals surface area contributed by atoms with Crippen LogP contribution in [-0.4, -0.2) is 31.1 Å². The molecule has 5 nitrogen and oxygen atoms in total. The van der Waals surface area contributed by atoms with E-state index in [-0.39, 0.29) is 0 Å². The number of carbonyl (C=O) groups is 2. The second-order valence-electron chi connectivity index (χ2n) is 3.94. The van der Waals surface area contributed by atoms with Gasteiger partial charge in [0.2, 0.25) is 5.91 Å². The highest BCUT2D eigenvalue weighted by molar-refractivity contribution is 5.97. The average molecular weight is 311 g/mol. The Kier molecular flexibility index (Phi) is 5.19. The van der Waals surface area contributed by atoms with E-state index in [1.165, 1.54) is 0 Å². The molecule has 0 radical (unpaired) electrons. The maximum absolute atomic E-state index is 13.4. The molecule has 0 aliphatic heterocycles. The van der Waals surface area contributed by atoms with Crippen LogP contribution >= 0.6 is 0 Å². The van der Waals surface area contributed by atoms with E-state index >= 15 is 0 Å². The van der Waals surface area contributed by atoms with E-state index in [1.807, 2.05) is 5.32 Å². The number of rotatable bonds is 5. The summed E-state index contributed by atoms with van der Waals surface area (Å²) in [6.45, 7) is -2.15. The van der Waals surface area contributed by atoms with E-state index in [0.29, 0.717) is 12.1 Å². The normalized spacial score (nSPS) is 11.3. The van der Waals surface area contributed by atoms with Gasteiger partial charge in [0, 0.05) is 6.07 Å². The van der Waals surface area contributed by atoms with Crippen molar-refractivity contribution in [3.63, 3.8) is 0 Å². The Labute approximate surface area is 115 Å². The molecule has 0 saturated carbocycles. The Balaban J connectivity index is 2.72. The summed E-state index contributed by atoms with van der Waals surface area (Å²) in [5, 5.41) is 3.69. The zero-order chi connectivity index (χ0) is 16.2. The molecule has 21 heavy (non-hydrogen) atoms. The second-order valence-corrected chi connectivity index (χ2v) is 3.94. The minimum Gasteiger partial charge on any atom is -0.366 e. The number of nitrogens with one attached hydrogen (secondary N) is 2. The Morgan fingerprint density at radius 2 is 1.76 bits per heavy atom. The average Bonchev–Trinajstić information content (AvgIpc) is 2.30. The molecule has 0 aliphatic rings. The molecule has 1 rings (SSSR count). The number of benzene rings is 1. The first-order valence-electron chi connectivity index (χ1n) is 5.46. The van der Waals surface area contributed by atoms with Gasteiger partial charge in [0.05, 0.1) is 24.3 Å². The number of hydrogen-bond acceptors (Lipinski definition) is 3. The topological polar surface area (TPSA) is 84.2 Å². The molecule has 0 atom stereocenters. The number of halogens is 5. The molecule has 0 unspecified atom stereocenters. The fraction of sp³-hybridized carbons (Fsp3) is 0.273. The van der Waals surface area contributed by atoms with Gasteiger partial charge in [0.15, 0.2) is 0 Å². The lowest BCUT2D eigenvalue weighted by Gasteiger charge is -2.10. The molecular weight excluding hydrogens is 301 g/mol. The van der Waals surface area contributed by atoms with Gasteiger partial charge in [-0.1, -0.05) is 0 Å². The van der Waals surface area contributed by atoms with Crippen molar-refractivity contribution < 1.29 is 31.5 Å². The minimum absolute atomic E-state index is 0.332. The van der Waals surface area contributed by atoms with Gasteiger partial charge in [-0.3, -0.25) is 9.59 Å². The van der Waals surface area contributed by atoms with Gasteiger partial charge < -0.3 is 16.4 Å². The number of hydrogen-bond donors (Lipinski definition) is 3. The van der Waals surface area contributed by atoms with Crippen molar-refractivity contribution in [2.24, 2.45) is 5.73 Å². The summed E-state index contributed by atoms with van der Waals surface area (Å²) in [7, 11) is 0. The van der Waals surface area contributed by atoms with E-state index in [4.69, 9.17) is 5.73 Å². The van der Waals surface area contributed by atoms with Crippen LogP contribution in [0.25, 0.3) is 0 Å². The molecule has 1 aromatic rings. The molecule has 0 aliphatic carbocycles. The maximum Gasteiger partial charge on any atom is 0.401 e. The van der Waals surface area contributed by atoms with Crippen LogP contribution < -0.4 is 16.4 Å². The Morgan fingerprint density at radius 1 is 1.14 bits per heavy atom. The van der Waals surface area contributed by atoms with Crippen LogP contribution in [0.15, 0.2) is 12.1 Å². The quantitative estimate of drug-likeness (QED) is 0.713. The molecule has 2 amide bonds. The smallest absolute Gasteiger partial charge is 0.366 e. The summed E-state index contributed by atoms with van der Waals surface area (Å²) in [5.41, 5.74) is 3.62. The number of anilines is 1. The van der Waals surface area contributed by atoms with Crippen molar-refractivity contribution >= 4 is 17.5 Å². The van der Waals surface area contributed by atoms with Gasteiger partial charge in [-0.05, 0) is 6.07 Å². The molecule has 10 heteroatoms. The third kappa shape index (κ3) is 5.34. The van der Waals surface area contributed by atoms with Gasteiger partial charge in [0.1, 0.15) is 11.6 Å². The first kappa shape index (κ1) is 16.8. The van der Waals surface area contributed by atoms with Crippen LogP contribution in [0.4, 0.5) is 27.6 Å². The largest absolute Gasteiger partial charge is 0.401 e. The number of amides is 2. The van der Waals surface area contributed by atoms with E-state index in [0.717, 1.165) is 0 Å². The van der Waals surface area contributed by atoms with E-state index < -0.39 is 54.0 Å². The zero-order valence-electron chi connectivity index (χ0n) is 10.4. The molecule has 0 spiro atoms. The van der Waals surface area contributed by atoms with Crippen LogP contribution in [0, 0.1) is 11.6 Å². The van der Waals surface area contributed by atoms with Gasteiger partial charge in [-0.15, -0.1) is 0 Å². The third-order valence-corrected chi connectivity index (χ3v) is 2.21. The van der Waals surface area contributed by atoms with Gasteiger partial charge in [0.25, 0.3) is 5.91 Å². The van der Waals surface area contributed by atoms with Crippen molar-refractivity contribution in [2.45, 2.75) is 6.18 Å². The first-order valence-corrected chi connectivity index (χ1v) is 5.46. The van der Waals surface area contributed by atoms with Crippen LogP contribution in [0.2, 0.25) is 0 Å². The lowest BCUT2D eigenvalue weighted by Crippen LogP contribution is -2.35. The van der Waals surface area contributed by atoms with Crippen LogP contribution in [-0.2, 0) is 4.79 Å². The molecule has 0 fully saturated rings. The standard InChI is InChI=1S/C11H10F5N3O2/c12-6-2-7(13)8(1-5(6)10(17)21)19-9(20)3-18-4-11(14,15)16/h1-2,18H,3-4H2,(H2,17,21)(H,19,20). The van der Waals surface area contributed by atoms with Gasteiger partial charge in [-0.25, -0.2) is 8.78 Å². The summed E-state index contributed by atoms with van der Waals surface area (Å²) < 4.78 is 62.0. The number of carbonyl (C=O) groups excluding carboxylic acids is 2. The molecule has 0 heterocycles. The van der Waals surface area contributed by atoms with Crippen molar-refractivity contribution in [1.29, 1.82) is 0 Å². The zero-order valence-corrected chi connectivity index (χ0v) is 10.4. The predicted molar refractivity (Wildman–Crippen MR) is 62.4 cm³/mol. The molecule has 116 valence electrons. The van der Waals surface area contributed by atoms with Crippen LogP contribution in [0.3, 0.4) is 0 Å². The Morgan fingerprint density at radius 3 is 2.29 bits per heavy atom. The second kappa shape index (κ2) is 6.48. The van der Waals surface area contributed by atoms with E-state index in [9.17, 15) is 31.5 Å². The third-order valence-electron chi connectivity index (χ3n) is 2.21. The summed E-state index contributed by atoms with van der Waals surface area (Å²) in [4.78, 5) is 22.2. The minimum atomic E-state index is -4.50. The van der Waals surface area contributed by atoms with Crippen LogP contribution in [0.1, 0.15) is 10.4 Å². The Hall–Kier alpha value is -2.23. The molecule has 0 bridgehead atoms. The highest BCUT2D eigenvalue weighted by Gasteiger charge is 2.26. The van der Waals surface area contributed by atoms with Crippen molar-refractivity contribution in [1.82, 2.24) is 5.32 Å². The predicted octanol–water partition coefficient (Wildman–Crippen LogP) is 1.15. The summed E-state index contributed by atoms with van der Waals surface area (Å²) >= 11 is 0. The molecule has 0 aromatic heterocycles. The van der Waals surface area contributed by atoms with Crippen molar-refractivity contribution in [3.8, 4) is 0 Å². The van der Waals surface area contributed by atoms with Crippen molar-refractivity contribution in [3.05, 3.63) is 29.3 Å².